The van der Waals surface area contributed by atoms with Crippen molar-refractivity contribution in [1.29, 1.82) is 0 Å². The Hall–Kier alpha value is -4.09. The smallest absolute Gasteiger partial charge is 0.175 e. The van der Waals surface area contributed by atoms with E-state index < -0.39 is 0 Å². The largest absolute Gasteiger partial charge is 0.332 e. The van der Waals surface area contributed by atoms with Crippen LogP contribution < -0.4 is 10.6 Å². The first-order valence-corrected chi connectivity index (χ1v) is 11.6. The molecule has 0 aliphatic carbocycles. The predicted octanol–water partition coefficient (Wildman–Crippen LogP) is 7.52. The molecule has 0 aliphatic rings. The number of anilines is 2. The van der Waals surface area contributed by atoms with Gasteiger partial charge >= 0.3 is 0 Å². The van der Waals surface area contributed by atoms with Gasteiger partial charge in [-0.15, -0.1) is 0 Å². The highest BCUT2D eigenvalue weighted by Gasteiger charge is 2.12. The summed E-state index contributed by atoms with van der Waals surface area (Å²) >= 11 is 5.55. The van der Waals surface area contributed by atoms with E-state index in [-0.39, 0.29) is 0 Å². The van der Waals surface area contributed by atoms with E-state index in [1.807, 2.05) is 24.3 Å². The second-order valence-corrected chi connectivity index (χ2v) is 9.00. The number of rotatable bonds is 2. The Bertz CT molecular complexity index is 1760. The number of hydrogen-bond acceptors (Lipinski definition) is 3. The van der Waals surface area contributed by atoms with E-state index >= 15 is 0 Å². The van der Waals surface area contributed by atoms with Crippen molar-refractivity contribution in [3.05, 3.63) is 96.1 Å². The van der Waals surface area contributed by atoms with Gasteiger partial charge in [0.2, 0.25) is 0 Å². The fraction of sp³-hybridized carbons (Fsp3) is 0.0690. The summed E-state index contributed by atoms with van der Waals surface area (Å²) in [6.45, 7) is 4.19. The van der Waals surface area contributed by atoms with Gasteiger partial charge in [0, 0.05) is 22.1 Å². The lowest BCUT2D eigenvalue weighted by Gasteiger charge is -2.13. The van der Waals surface area contributed by atoms with Crippen LogP contribution in [0.2, 0.25) is 0 Å². The number of fused-ring (bicyclic) bond motifs is 7. The molecule has 0 unspecified atom stereocenters. The van der Waals surface area contributed by atoms with Crippen molar-refractivity contribution in [3.8, 4) is 0 Å². The first-order chi connectivity index (χ1) is 16.6. The lowest BCUT2D eigenvalue weighted by Crippen LogP contribution is -2.19. The summed E-state index contributed by atoms with van der Waals surface area (Å²) in [5.74, 6) is 0. The molecule has 164 valence electrons. The number of hydrogen-bond donors (Lipinski definition) is 2. The van der Waals surface area contributed by atoms with E-state index in [2.05, 4.69) is 85.1 Å². The minimum Gasteiger partial charge on any atom is -0.332 e. The quantitative estimate of drug-likeness (QED) is 0.160. The van der Waals surface area contributed by atoms with Gasteiger partial charge in [0.05, 0.1) is 22.1 Å². The normalized spacial score (nSPS) is 11.4. The van der Waals surface area contributed by atoms with Gasteiger partial charge in [-0.1, -0.05) is 54.6 Å². The number of nitrogens with zero attached hydrogens (tertiary/aromatic N) is 2. The van der Waals surface area contributed by atoms with Crippen LogP contribution in [0.25, 0.3) is 43.6 Å². The third-order valence-electron chi connectivity index (χ3n) is 6.34. The number of aromatic nitrogens is 2. The summed E-state index contributed by atoms with van der Waals surface area (Å²) in [5.41, 5.74) is 7.83. The summed E-state index contributed by atoms with van der Waals surface area (Å²) in [4.78, 5) is 10.1. The average Bonchev–Trinajstić information content (AvgIpc) is 2.85. The molecule has 0 aliphatic heterocycles. The molecule has 0 saturated heterocycles. The SMILES string of the molecule is Cc1ccc(NC(=S)Nc2ccc3nc4c5ccccc5c5ccccc5c4nc3c2)cc1C. The van der Waals surface area contributed by atoms with Crippen molar-refractivity contribution in [1.82, 2.24) is 9.97 Å². The zero-order valence-electron chi connectivity index (χ0n) is 18.9. The van der Waals surface area contributed by atoms with Gasteiger partial charge in [0.1, 0.15) is 0 Å². The first kappa shape index (κ1) is 20.5. The number of aryl methyl sites for hydroxylation is 2. The number of nitrogens with one attached hydrogen (secondary N) is 2. The lowest BCUT2D eigenvalue weighted by atomic mass is 9.99. The molecular formula is C29H22N4S. The maximum Gasteiger partial charge on any atom is 0.175 e. The lowest BCUT2D eigenvalue weighted by molar-refractivity contribution is 1.34. The van der Waals surface area contributed by atoms with Crippen molar-refractivity contribution in [2.75, 3.05) is 10.6 Å². The standard InChI is InChI=1S/C29H22N4S/c1-17-11-12-19(15-18(17)2)30-29(34)31-20-13-14-25-26(16-20)33-28-24-10-6-4-8-22(24)21-7-3-5-9-23(21)27(28)32-25/h3-16H,1-2H3,(H2,30,31,34). The molecule has 34 heavy (non-hydrogen) atoms. The molecule has 0 spiro atoms. The van der Waals surface area contributed by atoms with Crippen molar-refractivity contribution >= 4 is 72.3 Å². The van der Waals surface area contributed by atoms with Crippen molar-refractivity contribution < 1.29 is 0 Å². The van der Waals surface area contributed by atoms with Gasteiger partial charge in [0.25, 0.3) is 0 Å². The van der Waals surface area contributed by atoms with Crippen LogP contribution in [0.15, 0.2) is 84.9 Å². The molecule has 5 heteroatoms. The molecule has 0 radical (unpaired) electrons. The van der Waals surface area contributed by atoms with E-state index in [0.717, 1.165) is 44.2 Å². The Balaban J connectivity index is 1.42. The second-order valence-electron chi connectivity index (χ2n) is 8.59. The van der Waals surface area contributed by atoms with Crippen LogP contribution in [0, 0.1) is 13.8 Å². The Morgan fingerprint density at radius 1 is 0.588 bits per heavy atom. The highest BCUT2D eigenvalue weighted by atomic mass is 32.1. The molecular weight excluding hydrogens is 436 g/mol. The van der Waals surface area contributed by atoms with E-state index in [4.69, 9.17) is 22.2 Å². The molecule has 0 saturated carbocycles. The van der Waals surface area contributed by atoms with Crippen LogP contribution >= 0.6 is 12.2 Å². The fourth-order valence-electron chi connectivity index (χ4n) is 4.47. The van der Waals surface area contributed by atoms with E-state index in [9.17, 15) is 0 Å². The summed E-state index contributed by atoms with van der Waals surface area (Å²) in [6, 6.07) is 29.0. The Morgan fingerprint density at radius 2 is 1.12 bits per heavy atom. The van der Waals surface area contributed by atoms with E-state index in [1.54, 1.807) is 0 Å². The van der Waals surface area contributed by atoms with Gasteiger partial charge in [0.15, 0.2) is 5.11 Å². The van der Waals surface area contributed by atoms with Crippen LogP contribution in [-0.4, -0.2) is 15.1 Å². The monoisotopic (exact) mass is 458 g/mol. The van der Waals surface area contributed by atoms with Gasteiger partial charge in [-0.05, 0) is 78.3 Å². The second kappa shape index (κ2) is 8.04. The van der Waals surface area contributed by atoms with Gasteiger partial charge in [-0.3, -0.25) is 0 Å². The fourth-order valence-corrected chi connectivity index (χ4v) is 4.70. The summed E-state index contributed by atoms with van der Waals surface area (Å²) in [7, 11) is 0. The minimum absolute atomic E-state index is 0.535. The molecule has 0 atom stereocenters. The molecule has 1 heterocycles. The van der Waals surface area contributed by atoms with Gasteiger partial charge in [-0.2, -0.15) is 0 Å². The predicted molar refractivity (Wildman–Crippen MR) is 148 cm³/mol. The molecule has 0 amide bonds. The third-order valence-corrected chi connectivity index (χ3v) is 6.55. The van der Waals surface area contributed by atoms with Crippen molar-refractivity contribution in [2.45, 2.75) is 13.8 Å². The maximum atomic E-state index is 5.55. The first-order valence-electron chi connectivity index (χ1n) is 11.2. The Morgan fingerprint density at radius 3 is 1.74 bits per heavy atom. The topological polar surface area (TPSA) is 49.8 Å². The molecule has 5 aromatic carbocycles. The maximum absolute atomic E-state index is 5.55. The highest BCUT2D eigenvalue weighted by Crippen LogP contribution is 2.34. The Kier molecular flexibility index (Phi) is 4.85. The van der Waals surface area contributed by atoms with Crippen LogP contribution in [0.4, 0.5) is 11.4 Å². The molecule has 6 aromatic rings. The molecule has 0 fully saturated rings. The van der Waals surface area contributed by atoms with Crippen LogP contribution in [0.1, 0.15) is 11.1 Å². The summed E-state index contributed by atoms with van der Waals surface area (Å²) < 4.78 is 0. The van der Waals surface area contributed by atoms with E-state index in [0.29, 0.717) is 5.11 Å². The Labute approximate surface area is 202 Å². The minimum atomic E-state index is 0.535. The highest BCUT2D eigenvalue weighted by molar-refractivity contribution is 7.80. The van der Waals surface area contributed by atoms with Crippen molar-refractivity contribution in [3.63, 3.8) is 0 Å². The summed E-state index contributed by atoms with van der Waals surface area (Å²) in [5, 5.41) is 11.7. The van der Waals surface area contributed by atoms with Crippen molar-refractivity contribution in [2.24, 2.45) is 0 Å². The summed E-state index contributed by atoms with van der Waals surface area (Å²) in [6.07, 6.45) is 0. The van der Waals surface area contributed by atoms with Crippen LogP contribution in [0.5, 0.6) is 0 Å². The number of benzene rings is 5. The molecule has 6 rings (SSSR count). The van der Waals surface area contributed by atoms with Gasteiger partial charge in [-0.25, -0.2) is 9.97 Å². The zero-order valence-corrected chi connectivity index (χ0v) is 19.7. The van der Waals surface area contributed by atoms with Crippen LogP contribution in [-0.2, 0) is 0 Å². The van der Waals surface area contributed by atoms with E-state index in [1.165, 1.54) is 21.9 Å². The molecule has 2 N–H and O–H groups in total. The van der Waals surface area contributed by atoms with Gasteiger partial charge < -0.3 is 10.6 Å². The zero-order chi connectivity index (χ0) is 23.2. The third kappa shape index (κ3) is 3.51. The number of thiocarbonyl (C=S) groups is 1. The average molecular weight is 459 g/mol. The molecule has 1 aromatic heterocycles. The van der Waals surface area contributed by atoms with Crippen LogP contribution in [0.3, 0.4) is 0 Å². The molecule has 4 nitrogen and oxygen atoms in total. The molecule has 0 bridgehead atoms.